The van der Waals surface area contributed by atoms with E-state index in [0.717, 1.165) is 0 Å². The Labute approximate surface area is 115 Å². The molecule has 0 aromatic heterocycles. The maximum Gasteiger partial charge on any atom is 0.335 e. The van der Waals surface area contributed by atoms with Gasteiger partial charge in [-0.3, -0.25) is 0 Å². The molecule has 2 rings (SSSR count). The third-order valence-corrected chi connectivity index (χ3v) is 3.06. The van der Waals surface area contributed by atoms with E-state index in [4.69, 9.17) is 9.84 Å². The molecular formula is C13H16N2O5. The van der Waals surface area contributed by atoms with Crippen LogP contribution in [0, 0.1) is 0 Å². The van der Waals surface area contributed by atoms with E-state index in [2.05, 4.69) is 5.32 Å². The van der Waals surface area contributed by atoms with Gasteiger partial charge in [0, 0.05) is 12.2 Å². The molecule has 0 bridgehead atoms. The van der Waals surface area contributed by atoms with Crippen LogP contribution < -0.4 is 5.32 Å². The van der Waals surface area contributed by atoms with Crippen LogP contribution in [-0.4, -0.2) is 59.5 Å². The number of carbonyl (C=O) groups excluding carboxylic acids is 1. The predicted molar refractivity (Wildman–Crippen MR) is 70.8 cm³/mol. The fourth-order valence-electron chi connectivity index (χ4n) is 2.00. The van der Waals surface area contributed by atoms with Crippen LogP contribution in [0.15, 0.2) is 24.3 Å². The summed E-state index contributed by atoms with van der Waals surface area (Å²) in [4.78, 5) is 24.5. The standard InChI is InChI=1S/C13H16N2O5/c16-7-11-8-20-5-4-15(11)13(19)14-10-3-1-2-9(6-10)12(17)18/h1-3,6,11,16H,4-5,7-8H2,(H,14,19)(H,17,18). The highest BCUT2D eigenvalue weighted by Crippen LogP contribution is 2.14. The molecule has 1 fully saturated rings. The average molecular weight is 280 g/mol. The summed E-state index contributed by atoms with van der Waals surface area (Å²) in [6.45, 7) is 0.913. The second-order valence-electron chi connectivity index (χ2n) is 4.42. The van der Waals surface area contributed by atoms with Crippen molar-refractivity contribution in [2.24, 2.45) is 0 Å². The number of rotatable bonds is 3. The lowest BCUT2D eigenvalue weighted by atomic mass is 10.2. The lowest BCUT2D eigenvalue weighted by Crippen LogP contribution is -2.52. The number of morpholine rings is 1. The first-order valence-electron chi connectivity index (χ1n) is 6.21. The van der Waals surface area contributed by atoms with Crippen molar-refractivity contribution >= 4 is 17.7 Å². The minimum absolute atomic E-state index is 0.100. The largest absolute Gasteiger partial charge is 0.478 e. The summed E-state index contributed by atoms with van der Waals surface area (Å²) in [6.07, 6.45) is 0. The van der Waals surface area contributed by atoms with Crippen LogP contribution in [0.5, 0.6) is 0 Å². The smallest absolute Gasteiger partial charge is 0.335 e. The average Bonchev–Trinajstić information content (AvgIpc) is 2.47. The highest BCUT2D eigenvalue weighted by atomic mass is 16.5. The second-order valence-corrected chi connectivity index (χ2v) is 4.42. The Kier molecular flexibility index (Phi) is 4.54. The molecule has 0 saturated carbocycles. The van der Waals surface area contributed by atoms with Crippen molar-refractivity contribution in [2.45, 2.75) is 6.04 Å². The Bertz CT molecular complexity index is 505. The zero-order valence-electron chi connectivity index (χ0n) is 10.8. The van der Waals surface area contributed by atoms with E-state index in [1.165, 1.54) is 17.0 Å². The van der Waals surface area contributed by atoms with Gasteiger partial charge in [0.15, 0.2) is 0 Å². The first-order valence-corrected chi connectivity index (χ1v) is 6.21. The summed E-state index contributed by atoms with van der Waals surface area (Å²) in [6, 6.07) is 5.24. The molecule has 3 N–H and O–H groups in total. The number of hydrogen-bond donors (Lipinski definition) is 3. The Morgan fingerprint density at radius 2 is 2.25 bits per heavy atom. The molecule has 1 atom stereocenters. The van der Waals surface area contributed by atoms with E-state index >= 15 is 0 Å². The summed E-state index contributed by atoms with van der Waals surface area (Å²) in [7, 11) is 0. The first-order chi connectivity index (χ1) is 9.61. The minimum Gasteiger partial charge on any atom is -0.478 e. The van der Waals surface area contributed by atoms with E-state index in [-0.39, 0.29) is 24.2 Å². The van der Waals surface area contributed by atoms with Gasteiger partial charge in [0.25, 0.3) is 0 Å². The third-order valence-electron chi connectivity index (χ3n) is 3.06. The van der Waals surface area contributed by atoms with Gasteiger partial charge < -0.3 is 25.2 Å². The molecule has 1 aliphatic rings. The Balaban J connectivity index is 2.06. The Morgan fingerprint density at radius 3 is 2.95 bits per heavy atom. The van der Waals surface area contributed by atoms with Gasteiger partial charge in [-0.1, -0.05) is 6.07 Å². The van der Waals surface area contributed by atoms with E-state index in [1.807, 2.05) is 0 Å². The van der Waals surface area contributed by atoms with Gasteiger partial charge in [-0.05, 0) is 18.2 Å². The van der Waals surface area contributed by atoms with Crippen molar-refractivity contribution in [1.29, 1.82) is 0 Å². The molecule has 1 aromatic rings. The molecule has 1 unspecified atom stereocenters. The van der Waals surface area contributed by atoms with Crippen LogP contribution in [0.25, 0.3) is 0 Å². The lowest BCUT2D eigenvalue weighted by molar-refractivity contribution is -0.00485. The lowest BCUT2D eigenvalue weighted by Gasteiger charge is -2.34. The van der Waals surface area contributed by atoms with Crippen molar-refractivity contribution in [2.75, 3.05) is 31.7 Å². The molecule has 7 nitrogen and oxygen atoms in total. The molecule has 1 aliphatic heterocycles. The summed E-state index contributed by atoms with van der Waals surface area (Å²) in [5, 5.41) is 20.7. The number of benzene rings is 1. The zero-order valence-corrected chi connectivity index (χ0v) is 10.8. The Hall–Kier alpha value is -2.12. The molecule has 1 saturated heterocycles. The highest BCUT2D eigenvalue weighted by molar-refractivity contribution is 5.93. The number of aliphatic hydroxyl groups is 1. The third kappa shape index (κ3) is 3.25. The number of aliphatic hydroxyl groups excluding tert-OH is 1. The topological polar surface area (TPSA) is 99.1 Å². The molecule has 108 valence electrons. The van der Waals surface area contributed by atoms with Crippen LogP contribution >= 0.6 is 0 Å². The normalized spacial score (nSPS) is 18.6. The van der Waals surface area contributed by atoms with Crippen molar-refractivity contribution in [1.82, 2.24) is 4.90 Å². The van der Waals surface area contributed by atoms with Gasteiger partial charge in [-0.2, -0.15) is 0 Å². The van der Waals surface area contributed by atoms with Gasteiger partial charge in [0.1, 0.15) is 0 Å². The zero-order chi connectivity index (χ0) is 14.5. The molecule has 1 heterocycles. The molecule has 0 spiro atoms. The van der Waals surface area contributed by atoms with Crippen molar-refractivity contribution in [3.63, 3.8) is 0 Å². The number of hydrogen-bond acceptors (Lipinski definition) is 4. The second kappa shape index (κ2) is 6.36. The number of carboxylic acid groups (broad SMARTS) is 1. The van der Waals surface area contributed by atoms with Crippen molar-refractivity contribution < 1.29 is 24.5 Å². The predicted octanol–water partition coefficient (Wildman–Crippen LogP) is 0.610. The summed E-state index contributed by atoms with van der Waals surface area (Å²) in [5.41, 5.74) is 0.501. The van der Waals surface area contributed by atoms with E-state index in [1.54, 1.807) is 12.1 Å². The number of carbonyl (C=O) groups is 2. The van der Waals surface area contributed by atoms with Crippen LogP contribution in [0.2, 0.25) is 0 Å². The number of amides is 2. The molecule has 1 aromatic carbocycles. The van der Waals surface area contributed by atoms with Crippen LogP contribution in [0.4, 0.5) is 10.5 Å². The number of anilines is 1. The van der Waals surface area contributed by atoms with E-state index in [9.17, 15) is 14.7 Å². The molecule has 2 amide bonds. The van der Waals surface area contributed by atoms with Crippen molar-refractivity contribution in [3.05, 3.63) is 29.8 Å². The van der Waals surface area contributed by atoms with Gasteiger partial charge in [0.2, 0.25) is 0 Å². The fourth-order valence-corrected chi connectivity index (χ4v) is 2.00. The highest BCUT2D eigenvalue weighted by Gasteiger charge is 2.26. The summed E-state index contributed by atoms with van der Waals surface area (Å²) < 4.78 is 5.19. The van der Waals surface area contributed by atoms with Crippen LogP contribution in [0.1, 0.15) is 10.4 Å². The number of nitrogens with one attached hydrogen (secondary N) is 1. The number of urea groups is 1. The Morgan fingerprint density at radius 1 is 1.45 bits per heavy atom. The SMILES string of the molecule is O=C(O)c1cccc(NC(=O)N2CCOCC2CO)c1. The van der Waals surface area contributed by atoms with Crippen LogP contribution in [0.3, 0.4) is 0 Å². The number of nitrogens with zero attached hydrogens (tertiary/aromatic N) is 1. The number of ether oxygens (including phenoxy) is 1. The number of carboxylic acids is 1. The fraction of sp³-hybridized carbons (Fsp3) is 0.385. The quantitative estimate of drug-likeness (QED) is 0.753. The van der Waals surface area contributed by atoms with Crippen LogP contribution in [-0.2, 0) is 4.74 Å². The maximum atomic E-state index is 12.1. The molecular weight excluding hydrogens is 264 g/mol. The maximum absolute atomic E-state index is 12.1. The van der Waals surface area contributed by atoms with E-state index in [0.29, 0.717) is 25.4 Å². The summed E-state index contributed by atoms with van der Waals surface area (Å²) in [5.74, 6) is -1.05. The minimum atomic E-state index is -1.05. The molecule has 0 radical (unpaired) electrons. The van der Waals surface area contributed by atoms with Gasteiger partial charge >= 0.3 is 12.0 Å². The van der Waals surface area contributed by atoms with E-state index < -0.39 is 5.97 Å². The molecule has 7 heteroatoms. The summed E-state index contributed by atoms with van der Waals surface area (Å²) >= 11 is 0. The monoisotopic (exact) mass is 280 g/mol. The van der Waals surface area contributed by atoms with Gasteiger partial charge in [0.05, 0.1) is 31.4 Å². The van der Waals surface area contributed by atoms with Crippen molar-refractivity contribution in [3.8, 4) is 0 Å². The molecule has 0 aliphatic carbocycles. The first kappa shape index (κ1) is 14.3. The number of aromatic carboxylic acids is 1. The van der Waals surface area contributed by atoms with Gasteiger partial charge in [-0.25, -0.2) is 9.59 Å². The van der Waals surface area contributed by atoms with Gasteiger partial charge in [-0.15, -0.1) is 0 Å². The molecule has 20 heavy (non-hydrogen) atoms.